The molecular formula is C25H33N3O3S. The van der Waals surface area contributed by atoms with Crippen LogP contribution in [0.4, 0.5) is 15.5 Å². The minimum Gasteiger partial charge on any atom is -0.478 e. The Balaban J connectivity index is 1.49. The van der Waals surface area contributed by atoms with Crippen LogP contribution in [0.3, 0.4) is 0 Å². The number of aryl methyl sites for hydroxylation is 2. The molecule has 172 valence electrons. The average molecular weight is 456 g/mol. The molecule has 0 radical (unpaired) electrons. The summed E-state index contributed by atoms with van der Waals surface area (Å²) in [4.78, 5) is 28.3. The van der Waals surface area contributed by atoms with Crippen LogP contribution in [-0.4, -0.2) is 41.1 Å². The van der Waals surface area contributed by atoms with Gasteiger partial charge in [0.05, 0.1) is 11.6 Å². The van der Waals surface area contributed by atoms with Gasteiger partial charge < -0.3 is 15.3 Å². The largest absolute Gasteiger partial charge is 0.478 e. The maximum absolute atomic E-state index is 13.2. The minimum absolute atomic E-state index is 0.0758. The first-order valence-corrected chi connectivity index (χ1v) is 12.3. The molecular weight excluding hydrogens is 422 g/mol. The number of amides is 2. The number of nitrogens with one attached hydrogen (secondary N) is 2. The highest BCUT2D eigenvalue weighted by molar-refractivity contribution is 7.17. The monoisotopic (exact) mass is 455 g/mol. The van der Waals surface area contributed by atoms with E-state index < -0.39 is 5.97 Å². The summed E-state index contributed by atoms with van der Waals surface area (Å²) >= 11 is 1.44. The van der Waals surface area contributed by atoms with Gasteiger partial charge in [0.25, 0.3) is 0 Å². The number of carboxylic acid groups (broad SMARTS) is 1. The smallest absolute Gasteiger partial charge is 0.339 e. The standard InChI is InChI=1S/C25H33N3O3S/c1-16-7-9-17(10-8-16)26-15-18-6-4-5-13-28(18)24(31)27-22-21(23(29)30)19-14-25(2,3)12-11-20(19)32-22/h7-10,18,26H,4-6,11-15H2,1-3H3,(H,27,31)(H,29,30)/t18-/m0/s1. The molecule has 0 bridgehead atoms. The summed E-state index contributed by atoms with van der Waals surface area (Å²) in [7, 11) is 0. The van der Waals surface area contributed by atoms with E-state index in [0.717, 1.165) is 54.7 Å². The molecule has 3 N–H and O–H groups in total. The molecule has 2 amide bonds. The second kappa shape index (κ2) is 9.14. The van der Waals surface area contributed by atoms with Crippen molar-refractivity contribution in [2.45, 2.75) is 65.3 Å². The Bertz CT molecular complexity index is 997. The Hall–Kier alpha value is -2.54. The van der Waals surface area contributed by atoms with Gasteiger partial charge in [-0.2, -0.15) is 0 Å². The number of piperidine rings is 1. The zero-order valence-electron chi connectivity index (χ0n) is 19.2. The van der Waals surface area contributed by atoms with Crippen molar-refractivity contribution in [1.82, 2.24) is 4.90 Å². The Labute approximate surface area is 194 Å². The lowest BCUT2D eigenvalue weighted by Crippen LogP contribution is -2.48. The predicted molar refractivity (Wildman–Crippen MR) is 130 cm³/mol. The lowest BCUT2D eigenvalue weighted by molar-refractivity contribution is 0.0696. The van der Waals surface area contributed by atoms with Crippen LogP contribution in [0.25, 0.3) is 0 Å². The number of hydrogen-bond acceptors (Lipinski definition) is 4. The number of nitrogens with zero attached hydrogens (tertiary/aromatic N) is 1. The normalized spacial score (nSPS) is 19.8. The van der Waals surface area contributed by atoms with Crippen molar-refractivity contribution in [3.63, 3.8) is 0 Å². The summed E-state index contributed by atoms with van der Waals surface area (Å²) in [6, 6.07) is 8.13. The number of carbonyl (C=O) groups excluding carboxylic acids is 1. The molecule has 2 aliphatic rings. The first-order valence-electron chi connectivity index (χ1n) is 11.5. The SMILES string of the molecule is Cc1ccc(NC[C@@H]2CCCCN2C(=O)Nc2sc3c(c2C(=O)O)CC(C)(C)CC3)cc1. The van der Waals surface area contributed by atoms with Crippen LogP contribution in [-0.2, 0) is 12.8 Å². The Morgan fingerprint density at radius 2 is 1.97 bits per heavy atom. The van der Waals surface area contributed by atoms with Gasteiger partial charge in [-0.25, -0.2) is 9.59 Å². The summed E-state index contributed by atoms with van der Waals surface area (Å²) in [5.74, 6) is -0.952. The molecule has 1 aliphatic heterocycles. The molecule has 1 aromatic carbocycles. The average Bonchev–Trinajstić information content (AvgIpc) is 3.09. The summed E-state index contributed by atoms with van der Waals surface area (Å²) in [6.07, 6.45) is 5.64. The number of benzene rings is 1. The molecule has 1 aromatic heterocycles. The third kappa shape index (κ3) is 4.93. The van der Waals surface area contributed by atoms with E-state index in [-0.39, 0.29) is 23.1 Å². The maximum atomic E-state index is 13.2. The van der Waals surface area contributed by atoms with E-state index in [2.05, 4.69) is 55.7 Å². The number of aromatic carboxylic acids is 1. The minimum atomic E-state index is -0.952. The van der Waals surface area contributed by atoms with Gasteiger partial charge in [0.1, 0.15) is 5.00 Å². The lowest BCUT2D eigenvalue weighted by atomic mass is 9.76. The Morgan fingerprint density at radius 1 is 1.22 bits per heavy atom. The summed E-state index contributed by atoms with van der Waals surface area (Å²) < 4.78 is 0. The second-order valence-electron chi connectivity index (χ2n) is 9.87. The Morgan fingerprint density at radius 3 is 2.69 bits per heavy atom. The number of carbonyl (C=O) groups is 2. The maximum Gasteiger partial charge on any atom is 0.339 e. The number of likely N-dealkylation sites (tertiary alicyclic amines) is 1. The van der Waals surface area contributed by atoms with E-state index in [1.807, 2.05) is 4.90 Å². The molecule has 4 rings (SSSR count). The molecule has 2 heterocycles. The fourth-order valence-corrected chi connectivity index (χ4v) is 5.99. The molecule has 0 saturated carbocycles. The van der Waals surface area contributed by atoms with Crippen LogP contribution in [0.1, 0.15) is 65.9 Å². The van der Waals surface area contributed by atoms with Gasteiger partial charge in [-0.3, -0.25) is 5.32 Å². The first-order chi connectivity index (χ1) is 15.2. The highest BCUT2D eigenvalue weighted by atomic mass is 32.1. The number of carboxylic acids is 1. The van der Waals surface area contributed by atoms with Gasteiger partial charge in [-0.15, -0.1) is 11.3 Å². The van der Waals surface area contributed by atoms with Crippen molar-refractivity contribution in [1.29, 1.82) is 0 Å². The van der Waals surface area contributed by atoms with Gasteiger partial charge >= 0.3 is 12.0 Å². The summed E-state index contributed by atoms with van der Waals surface area (Å²) in [5.41, 5.74) is 3.54. The number of hydrogen-bond donors (Lipinski definition) is 3. The van der Waals surface area contributed by atoms with Crippen molar-refractivity contribution >= 4 is 34.0 Å². The summed E-state index contributed by atoms with van der Waals surface area (Å²) in [5, 5.41) is 16.8. The quantitative estimate of drug-likeness (QED) is 0.535. The van der Waals surface area contributed by atoms with E-state index >= 15 is 0 Å². The van der Waals surface area contributed by atoms with Gasteiger partial charge in [0.2, 0.25) is 0 Å². The molecule has 7 heteroatoms. The van der Waals surface area contributed by atoms with Crippen LogP contribution < -0.4 is 10.6 Å². The number of rotatable bonds is 5. The fourth-order valence-electron chi connectivity index (χ4n) is 4.79. The second-order valence-corrected chi connectivity index (χ2v) is 11.0. The van der Waals surface area contributed by atoms with Crippen LogP contribution in [0.5, 0.6) is 0 Å². The third-order valence-electron chi connectivity index (χ3n) is 6.69. The molecule has 1 atom stereocenters. The van der Waals surface area contributed by atoms with Gasteiger partial charge in [-0.1, -0.05) is 31.5 Å². The third-order valence-corrected chi connectivity index (χ3v) is 7.90. The number of fused-ring (bicyclic) bond motifs is 1. The van der Waals surface area contributed by atoms with Crippen molar-refractivity contribution in [3.8, 4) is 0 Å². The first kappa shape index (κ1) is 22.6. The van der Waals surface area contributed by atoms with Gasteiger partial charge in [0, 0.05) is 23.7 Å². The van der Waals surface area contributed by atoms with E-state index in [4.69, 9.17) is 0 Å². The molecule has 32 heavy (non-hydrogen) atoms. The fraction of sp³-hybridized carbons (Fsp3) is 0.520. The van der Waals surface area contributed by atoms with Crippen LogP contribution >= 0.6 is 11.3 Å². The van der Waals surface area contributed by atoms with E-state index in [9.17, 15) is 14.7 Å². The van der Waals surface area contributed by atoms with Crippen molar-refractivity contribution < 1.29 is 14.7 Å². The molecule has 0 unspecified atom stereocenters. The van der Waals surface area contributed by atoms with Crippen LogP contribution in [0, 0.1) is 12.3 Å². The topological polar surface area (TPSA) is 81.7 Å². The number of thiophene rings is 1. The molecule has 2 aromatic rings. The number of anilines is 2. The van der Waals surface area contributed by atoms with Crippen molar-refractivity contribution in [3.05, 3.63) is 45.8 Å². The molecule has 6 nitrogen and oxygen atoms in total. The highest BCUT2D eigenvalue weighted by Gasteiger charge is 2.34. The van der Waals surface area contributed by atoms with Gasteiger partial charge in [0.15, 0.2) is 0 Å². The van der Waals surface area contributed by atoms with E-state index in [1.54, 1.807) is 0 Å². The zero-order chi connectivity index (χ0) is 22.9. The molecule has 0 spiro atoms. The highest BCUT2D eigenvalue weighted by Crippen LogP contribution is 2.44. The molecule has 1 saturated heterocycles. The van der Waals surface area contributed by atoms with Crippen LogP contribution in [0.2, 0.25) is 0 Å². The Kier molecular flexibility index (Phi) is 6.47. The van der Waals surface area contributed by atoms with Crippen molar-refractivity contribution in [2.24, 2.45) is 5.41 Å². The summed E-state index contributed by atoms with van der Waals surface area (Å²) in [6.45, 7) is 7.78. The molecule has 1 aliphatic carbocycles. The van der Waals surface area contributed by atoms with E-state index in [1.165, 1.54) is 16.9 Å². The predicted octanol–water partition coefficient (Wildman–Crippen LogP) is 5.77. The van der Waals surface area contributed by atoms with Crippen LogP contribution in [0.15, 0.2) is 24.3 Å². The molecule has 1 fully saturated rings. The van der Waals surface area contributed by atoms with E-state index in [0.29, 0.717) is 18.1 Å². The van der Waals surface area contributed by atoms with Crippen molar-refractivity contribution in [2.75, 3.05) is 23.7 Å². The lowest BCUT2D eigenvalue weighted by Gasteiger charge is -2.36. The van der Waals surface area contributed by atoms with Gasteiger partial charge in [-0.05, 0) is 68.6 Å². The number of urea groups is 1. The zero-order valence-corrected chi connectivity index (χ0v) is 20.0.